The molecule has 1 unspecified atom stereocenters. The average molecular weight is 252 g/mol. The van der Waals surface area contributed by atoms with Crippen molar-refractivity contribution in [2.45, 2.75) is 31.7 Å². The van der Waals surface area contributed by atoms with Gasteiger partial charge in [0.1, 0.15) is 0 Å². The lowest BCUT2D eigenvalue weighted by atomic mass is 9.95. The van der Waals surface area contributed by atoms with Crippen molar-refractivity contribution in [3.63, 3.8) is 0 Å². The van der Waals surface area contributed by atoms with Crippen LogP contribution in [0.2, 0.25) is 0 Å². The summed E-state index contributed by atoms with van der Waals surface area (Å²) >= 11 is 0. The summed E-state index contributed by atoms with van der Waals surface area (Å²) in [6.45, 7) is 6.13. The minimum absolute atomic E-state index is 0. The van der Waals surface area contributed by atoms with Crippen LogP contribution in [0, 0.1) is 0 Å². The number of nitrogens with zero attached hydrogens (tertiary/aromatic N) is 1. The molecular formula is C15H22ClN. The van der Waals surface area contributed by atoms with Crippen molar-refractivity contribution in [2.75, 3.05) is 13.1 Å². The number of halogens is 1. The molecule has 1 heterocycles. The highest BCUT2D eigenvalue weighted by Crippen LogP contribution is 2.20. The fourth-order valence-corrected chi connectivity index (χ4v) is 2.58. The maximum absolute atomic E-state index is 3.85. The van der Waals surface area contributed by atoms with Crippen LogP contribution in [0.1, 0.15) is 24.8 Å². The molecule has 0 saturated carbocycles. The minimum atomic E-state index is 0. The SMILES string of the molecule is C=CCN1CCCCC1Cc1ccccc1.Cl. The summed E-state index contributed by atoms with van der Waals surface area (Å²) in [6, 6.07) is 11.5. The molecule has 1 aromatic rings. The van der Waals surface area contributed by atoms with Gasteiger partial charge in [0.25, 0.3) is 0 Å². The molecule has 0 radical (unpaired) electrons. The van der Waals surface area contributed by atoms with Gasteiger partial charge in [0, 0.05) is 12.6 Å². The van der Waals surface area contributed by atoms with Gasteiger partial charge in [-0.2, -0.15) is 0 Å². The number of rotatable bonds is 4. The topological polar surface area (TPSA) is 3.24 Å². The molecule has 0 aromatic heterocycles. The van der Waals surface area contributed by atoms with Gasteiger partial charge in [0.05, 0.1) is 0 Å². The Morgan fingerprint density at radius 1 is 1.24 bits per heavy atom. The molecule has 94 valence electrons. The highest BCUT2D eigenvalue weighted by atomic mass is 35.5. The summed E-state index contributed by atoms with van der Waals surface area (Å²) in [5.74, 6) is 0. The zero-order chi connectivity index (χ0) is 11.2. The molecular weight excluding hydrogens is 230 g/mol. The smallest absolute Gasteiger partial charge is 0.0163 e. The third kappa shape index (κ3) is 4.18. The van der Waals surface area contributed by atoms with Crippen molar-refractivity contribution < 1.29 is 0 Å². The molecule has 17 heavy (non-hydrogen) atoms. The van der Waals surface area contributed by atoms with Gasteiger partial charge in [-0.15, -0.1) is 19.0 Å². The van der Waals surface area contributed by atoms with Crippen molar-refractivity contribution in [3.8, 4) is 0 Å². The van der Waals surface area contributed by atoms with E-state index in [0.29, 0.717) is 6.04 Å². The highest BCUT2D eigenvalue weighted by Gasteiger charge is 2.21. The van der Waals surface area contributed by atoms with E-state index in [4.69, 9.17) is 0 Å². The maximum Gasteiger partial charge on any atom is 0.0163 e. The van der Waals surface area contributed by atoms with E-state index in [1.807, 2.05) is 6.08 Å². The second kappa shape index (κ2) is 7.52. The fourth-order valence-electron chi connectivity index (χ4n) is 2.58. The number of hydrogen-bond acceptors (Lipinski definition) is 1. The minimum Gasteiger partial charge on any atom is -0.296 e. The van der Waals surface area contributed by atoms with Crippen LogP contribution in [-0.2, 0) is 6.42 Å². The van der Waals surface area contributed by atoms with Gasteiger partial charge in [-0.05, 0) is 31.4 Å². The fraction of sp³-hybridized carbons (Fsp3) is 0.467. The Balaban J connectivity index is 0.00000144. The third-order valence-corrected chi connectivity index (χ3v) is 3.43. The van der Waals surface area contributed by atoms with Crippen LogP contribution >= 0.6 is 12.4 Å². The van der Waals surface area contributed by atoms with Gasteiger partial charge in [0.15, 0.2) is 0 Å². The second-order valence-electron chi connectivity index (χ2n) is 4.62. The van der Waals surface area contributed by atoms with Crippen LogP contribution in [0.15, 0.2) is 43.0 Å². The van der Waals surface area contributed by atoms with Gasteiger partial charge in [-0.25, -0.2) is 0 Å². The molecule has 0 bridgehead atoms. The Bertz CT molecular complexity index is 323. The molecule has 1 nitrogen and oxygen atoms in total. The lowest BCUT2D eigenvalue weighted by Crippen LogP contribution is -2.40. The van der Waals surface area contributed by atoms with E-state index in [2.05, 4.69) is 41.8 Å². The summed E-state index contributed by atoms with van der Waals surface area (Å²) in [6.07, 6.45) is 7.28. The van der Waals surface area contributed by atoms with E-state index in [1.54, 1.807) is 0 Å². The molecule has 0 spiro atoms. The Labute approximate surface area is 111 Å². The van der Waals surface area contributed by atoms with Crippen molar-refractivity contribution >= 4 is 12.4 Å². The van der Waals surface area contributed by atoms with Crippen molar-refractivity contribution in [3.05, 3.63) is 48.6 Å². The molecule has 1 atom stereocenters. The van der Waals surface area contributed by atoms with Crippen molar-refractivity contribution in [1.29, 1.82) is 0 Å². The first kappa shape index (κ1) is 14.3. The monoisotopic (exact) mass is 251 g/mol. The lowest BCUT2D eigenvalue weighted by molar-refractivity contribution is 0.164. The summed E-state index contributed by atoms with van der Waals surface area (Å²) in [4.78, 5) is 2.57. The molecule has 0 N–H and O–H groups in total. The molecule has 1 aliphatic rings. The maximum atomic E-state index is 3.85. The number of likely N-dealkylation sites (tertiary alicyclic amines) is 1. The van der Waals surface area contributed by atoms with Crippen LogP contribution in [0.5, 0.6) is 0 Å². The predicted molar refractivity (Wildman–Crippen MR) is 76.8 cm³/mol. The molecule has 2 heteroatoms. The van der Waals surface area contributed by atoms with Crippen LogP contribution in [-0.4, -0.2) is 24.0 Å². The van der Waals surface area contributed by atoms with Crippen molar-refractivity contribution in [2.24, 2.45) is 0 Å². The summed E-state index contributed by atoms with van der Waals surface area (Å²) in [5.41, 5.74) is 1.46. The molecule has 1 saturated heterocycles. The van der Waals surface area contributed by atoms with Crippen LogP contribution in [0.4, 0.5) is 0 Å². The van der Waals surface area contributed by atoms with Gasteiger partial charge in [-0.1, -0.05) is 42.8 Å². The zero-order valence-electron chi connectivity index (χ0n) is 10.3. The van der Waals surface area contributed by atoms with Crippen LogP contribution < -0.4 is 0 Å². The number of hydrogen-bond donors (Lipinski definition) is 0. The Kier molecular flexibility index (Phi) is 6.31. The van der Waals surface area contributed by atoms with E-state index < -0.39 is 0 Å². The van der Waals surface area contributed by atoms with Gasteiger partial charge in [-0.3, -0.25) is 4.90 Å². The first-order valence-electron chi connectivity index (χ1n) is 6.29. The molecule has 0 amide bonds. The normalized spacial score (nSPS) is 20.6. The molecule has 1 aromatic carbocycles. The summed E-state index contributed by atoms with van der Waals surface area (Å²) in [5, 5.41) is 0. The van der Waals surface area contributed by atoms with Crippen LogP contribution in [0.3, 0.4) is 0 Å². The second-order valence-corrected chi connectivity index (χ2v) is 4.62. The molecule has 0 aliphatic carbocycles. The zero-order valence-corrected chi connectivity index (χ0v) is 11.2. The number of benzene rings is 1. The standard InChI is InChI=1S/C15H21N.ClH/c1-2-11-16-12-7-6-10-15(16)13-14-8-4-3-5-9-14;/h2-5,8-9,15H,1,6-7,10-13H2;1H. The lowest BCUT2D eigenvalue weighted by Gasteiger charge is -2.35. The van der Waals surface area contributed by atoms with Crippen molar-refractivity contribution in [1.82, 2.24) is 4.90 Å². The van der Waals surface area contributed by atoms with E-state index in [1.165, 1.54) is 37.8 Å². The first-order chi connectivity index (χ1) is 7.90. The third-order valence-electron chi connectivity index (χ3n) is 3.43. The highest BCUT2D eigenvalue weighted by molar-refractivity contribution is 5.85. The quantitative estimate of drug-likeness (QED) is 0.738. The average Bonchev–Trinajstić information content (AvgIpc) is 2.33. The molecule has 2 rings (SSSR count). The Hall–Kier alpha value is -0.790. The largest absolute Gasteiger partial charge is 0.296 e. The first-order valence-corrected chi connectivity index (χ1v) is 6.29. The van der Waals surface area contributed by atoms with E-state index in [9.17, 15) is 0 Å². The van der Waals surface area contributed by atoms with E-state index >= 15 is 0 Å². The van der Waals surface area contributed by atoms with Gasteiger partial charge in [0.2, 0.25) is 0 Å². The van der Waals surface area contributed by atoms with Crippen LogP contribution in [0.25, 0.3) is 0 Å². The summed E-state index contributed by atoms with van der Waals surface area (Å²) < 4.78 is 0. The molecule has 1 fully saturated rings. The molecule has 1 aliphatic heterocycles. The number of piperidine rings is 1. The Morgan fingerprint density at radius 2 is 2.00 bits per heavy atom. The van der Waals surface area contributed by atoms with E-state index in [0.717, 1.165) is 6.54 Å². The Morgan fingerprint density at radius 3 is 2.71 bits per heavy atom. The van der Waals surface area contributed by atoms with Gasteiger partial charge >= 0.3 is 0 Å². The van der Waals surface area contributed by atoms with Gasteiger partial charge < -0.3 is 0 Å². The van der Waals surface area contributed by atoms with E-state index in [-0.39, 0.29) is 12.4 Å². The summed E-state index contributed by atoms with van der Waals surface area (Å²) in [7, 11) is 0. The predicted octanol–water partition coefficient (Wildman–Crippen LogP) is 3.69.